The van der Waals surface area contributed by atoms with Gasteiger partial charge in [0.05, 0.1) is 16.1 Å². The molecule has 1 aromatic carbocycles. The Bertz CT molecular complexity index is 907. The Morgan fingerprint density at radius 2 is 2.04 bits per heavy atom. The number of halogens is 2. The van der Waals surface area contributed by atoms with Gasteiger partial charge >= 0.3 is 0 Å². The molecule has 0 unspecified atom stereocenters. The van der Waals surface area contributed by atoms with Gasteiger partial charge in [0.25, 0.3) is 5.91 Å². The molecule has 0 aliphatic rings. The molecule has 0 saturated carbocycles. The molecule has 27 heavy (non-hydrogen) atoms. The number of hydrogen-bond acceptors (Lipinski definition) is 6. The normalized spacial score (nSPS) is 11.1. The van der Waals surface area contributed by atoms with Crippen molar-refractivity contribution in [1.29, 1.82) is 0 Å². The van der Waals surface area contributed by atoms with Gasteiger partial charge in [0, 0.05) is 24.7 Å². The van der Waals surface area contributed by atoms with E-state index in [9.17, 15) is 13.2 Å². The van der Waals surface area contributed by atoms with Gasteiger partial charge in [-0.1, -0.05) is 31.5 Å². The Kier molecular flexibility index (Phi) is 8.58. The summed E-state index contributed by atoms with van der Waals surface area (Å²) in [4.78, 5) is 20.8. The molecule has 0 spiro atoms. The predicted octanol–water partition coefficient (Wildman–Crippen LogP) is 2.16. The number of nitrogens with one attached hydrogen (secondary N) is 2. The van der Waals surface area contributed by atoms with Crippen molar-refractivity contribution >= 4 is 45.6 Å². The van der Waals surface area contributed by atoms with Crippen LogP contribution in [0.3, 0.4) is 0 Å². The Morgan fingerprint density at radius 3 is 2.67 bits per heavy atom. The zero-order valence-corrected chi connectivity index (χ0v) is 17.2. The Labute approximate surface area is 169 Å². The Morgan fingerprint density at radius 1 is 1.33 bits per heavy atom. The van der Waals surface area contributed by atoms with Gasteiger partial charge in [-0.3, -0.25) is 4.79 Å². The summed E-state index contributed by atoms with van der Waals surface area (Å²) in [6.07, 6.45) is 1.37. The zero-order chi connectivity index (χ0) is 19.3. The third kappa shape index (κ3) is 6.12. The second kappa shape index (κ2) is 9.95. The number of nitrogens with zero attached hydrogens (tertiary/aromatic N) is 2. The fourth-order valence-electron chi connectivity index (χ4n) is 2.03. The van der Waals surface area contributed by atoms with Crippen LogP contribution in [0, 0.1) is 0 Å². The number of carbonyl (C=O) groups excluding carboxylic acids is 1. The van der Waals surface area contributed by atoms with Gasteiger partial charge in [-0.2, -0.15) is 0 Å². The minimum Gasteiger partial charge on any atom is -0.329 e. The fraction of sp³-hybridized carbons (Fsp3) is 0.312. The highest BCUT2D eigenvalue weighted by Gasteiger charge is 2.18. The van der Waals surface area contributed by atoms with E-state index in [1.165, 1.54) is 24.4 Å². The summed E-state index contributed by atoms with van der Waals surface area (Å²) in [6.45, 7) is 4.09. The molecule has 8 nitrogen and oxygen atoms in total. The quantitative estimate of drug-likeness (QED) is 0.613. The molecule has 0 atom stereocenters. The third-order valence-corrected chi connectivity index (χ3v) is 5.07. The number of aromatic nitrogens is 2. The van der Waals surface area contributed by atoms with Crippen LogP contribution in [0.2, 0.25) is 5.02 Å². The lowest BCUT2D eigenvalue weighted by atomic mass is 10.2. The standard InChI is InChI=1S/C16H20ClN5O3S.ClH/c1-10(2)15-19-9-13(17)14(22-15)16(23)21-11-4-3-5-12(8-11)26(24,25)20-7-6-18;/h3-5,8-10,20H,6-7,18H2,1-2H3,(H,21,23);1H. The van der Waals surface area contributed by atoms with Crippen molar-refractivity contribution in [2.75, 3.05) is 18.4 Å². The summed E-state index contributed by atoms with van der Waals surface area (Å²) >= 11 is 6.02. The molecule has 1 aromatic heterocycles. The maximum absolute atomic E-state index is 12.5. The number of anilines is 1. The van der Waals surface area contributed by atoms with Crippen LogP contribution in [0.1, 0.15) is 36.1 Å². The molecular formula is C16H21Cl2N5O3S. The lowest BCUT2D eigenvalue weighted by molar-refractivity contribution is 0.102. The number of amides is 1. The van der Waals surface area contributed by atoms with E-state index in [2.05, 4.69) is 20.0 Å². The van der Waals surface area contributed by atoms with Gasteiger partial charge < -0.3 is 11.1 Å². The molecule has 0 aliphatic heterocycles. The van der Waals surface area contributed by atoms with E-state index >= 15 is 0 Å². The van der Waals surface area contributed by atoms with Crippen molar-refractivity contribution in [1.82, 2.24) is 14.7 Å². The summed E-state index contributed by atoms with van der Waals surface area (Å²) in [5.41, 5.74) is 5.64. The van der Waals surface area contributed by atoms with Gasteiger partial charge in [-0.15, -0.1) is 12.4 Å². The highest BCUT2D eigenvalue weighted by Crippen LogP contribution is 2.20. The van der Waals surface area contributed by atoms with Crippen LogP contribution in [0.25, 0.3) is 0 Å². The first-order valence-corrected chi connectivity index (χ1v) is 9.74. The SMILES string of the molecule is CC(C)c1ncc(Cl)c(C(=O)Nc2cccc(S(=O)(=O)NCCN)c2)n1.Cl. The van der Waals surface area contributed by atoms with E-state index in [1.807, 2.05) is 13.8 Å². The molecule has 0 fully saturated rings. The van der Waals surface area contributed by atoms with E-state index in [1.54, 1.807) is 6.07 Å². The molecule has 0 saturated heterocycles. The summed E-state index contributed by atoms with van der Waals surface area (Å²) in [5, 5.41) is 2.71. The van der Waals surface area contributed by atoms with Crippen molar-refractivity contribution < 1.29 is 13.2 Å². The lowest BCUT2D eigenvalue weighted by Gasteiger charge is -2.10. The lowest BCUT2D eigenvalue weighted by Crippen LogP contribution is -2.29. The minimum atomic E-state index is -3.70. The average Bonchev–Trinajstić information content (AvgIpc) is 2.60. The molecule has 4 N–H and O–H groups in total. The van der Waals surface area contributed by atoms with E-state index < -0.39 is 15.9 Å². The Hall–Kier alpha value is -1.78. The smallest absolute Gasteiger partial charge is 0.275 e. The van der Waals surface area contributed by atoms with Crippen LogP contribution in [-0.2, 0) is 10.0 Å². The summed E-state index contributed by atoms with van der Waals surface area (Å²) in [5.74, 6) is -0.0356. The zero-order valence-electron chi connectivity index (χ0n) is 14.8. The molecule has 0 aliphatic carbocycles. The van der Waals surface area contributed by atoms with Crippen molar-refractivity contribution in [3.05, 3.63) is 47.0 Å². The molecule has 1 heterocycles. The Balaban J connectivity index is 0.00000364. The van der Waals surface area contributed by atoms with Crippen LogP contribution >= 0.6 is 24.0 Å². The van der Waals surface area contributed by atoms with Crippen LogP contribution in [0.15, 0.2) is 35.4 Å². The second-order valence-corrected chi connectivity index (χ2v) is 7.92. The topological polar surface area (TPSA) is 127 Å². The summed E-state index contributed by atoms with van der Waals surface area (Å²) in [7, 11) is -3.70. The second-order valence-electron chi connectivity index (χ2n) is 5.75. The maximum Gasteiger partial charge on any atom is 0.275 e. The van der Waals surface area contributed by atoms with Gasteiger partial charge in [-0.25, -0.2) is 23.1 Å². The van der Waals surface area contributed by atoms with Crippen LogP contribution in [-0.4, -0.2) is 37.4 Å². The summed E-state index contributed by atoms with van der Waals surface area (Å²) < 4.78 is 26.7. The highest BCUT2D eigenvalue weighted by molar-refractivity contribution is 7.89. The molecule has 0 radical (unpaired) electrons. The van der Waals surface area contributed by atoms with Gasteiger partial charge in [0.1, 0.15) is 5.82 Å². The van der Waals surface area contributed by atoms with E-state index in [-0.39, 0.29) is 47.0 Å². The molecular weight excluding hydrogens is 413 g/mol. The first-order chi connectivity index (χ1) is 12.2. The number of hydrogen-bond donors (Lipinski definition) is 3. The van der Waals surface area contributed by atoms with Crippen molar-refractivity contribution in [2.24, 2.45) is 5.73 Å². The van der Waals surface area contributed by atoms with E-state index in [0.717, 1.165) is 0 Å². The van der Waals surface area contributed by atoms with E-state index in [0.29, 0.717) is 11.5 Å². The number of nitrogens with two attached hydrogens (primary N) is 1. The number of rotatable bonds is 7. The van der Waals surface area contributed by atoms with Crippen LogP contribution in [0.4, 0.5) is 5.69 Å². The molecule has 2 aromatic rings. The monoisotopic (exact) mass is 433 g/mol. The minimum absolute atomic E-state index is 0. The predicted molar refractivity (Wildman–Crippen MR) is 107 cm³/mol. The van der Waals surface area contributed by atoms with Gasteiger partial charge in [-0.05, 0) is 18.2 Å². The number of carbonyl (C=O) groups is 1. The molecule has 148 valence electrons. The average molecular weight is 434 g/mol. The largest absolute Gasteiger partial charge is 0.329 e. The van der Waals surface area contributed by atoms with Crippen LogP contribution < -0.4 is 15.8 Å². The first kappa shape index (κ1) is 23.3. The van der Waals surface area contributed by atoms with Crippen molar-refractivity contribution in [3.8, 4) is 0 Å². The number of sulfonamides is 1. The third-order valence-electron chi connectivity index (χ3n) is 3.33. The van der Waals surface area contributed by atoms with Crippen molar-refractivity contribution in [3.63, 3.8) is 0 Å². The van der Waals surface area contributed by atoms with Gasteiger partial charge in [0.2, 0.25) is 10.0 Å². The first-order valence-electron chi connectivity index (χ1n) is 7.88. The number of benzene rings is 1. The molecule has 2 rings (SSSR count). The maximum atomic E-state index is 12.5. The van der Waals surface area contributed by atoms with Crippen molar-refractivity contribution in [2.45, 2.75) is 24.7 Å². The summed E-state index contributed by atoms with van der Waals surface area (Å²) in [6, 6.07) is 5.85. The van der Waals surface area contributed by atoms with E-state index in [4.69, 9.17) is 17.3 Å². The fourth-order valence-corrected chi connectivity index (χ4v) is 3.30. The highest BCUT2D eigenvalue weighted by atomic mass is 35.5. The van der Waals surface area contributed by atoms with Crippen LogP contribution in [0.5, 0.6) is 0 Å². The molecule has 0 bridgehead atoms. The molecule has 1 amide bonds. The molecule has 11 heteroatoms. The van der Waals surface area contributed by atoms with Gasteiger partial charge in [0.15, 0.2) is 5.69 Å².